The molecule has 1 saturated heterocycles. The highest BCUT2D eigenvalue weighted by molar-refractivity contribution is 6.30. The molecule has 1 aliphatic rings. The number of aromatic nitrogens is 2. The van der Waals surface area contributed by atoms with Crippen LogP contribution in [0.1, 0.15) is 37.1 Å². The van der Waals surface area contributed by atoms with Gasteiger partial charge in [0, 0.05) is 38.0 Å². The fourth-order valence-corrected chi connectivity index (χ4v) is 3.29. The Hall–Kier alpha value is -2.41. The molecule has 0 unspecified atom stereocenters. The van der Waals surface area contributed by atoms with Crippen molar-refractivity contribution < 1.29 is 14.0 Å². The number of aryl methyl sites for hydroxylation is 1. The summed E-state index contributed by atoms with van der Waals surface area (Å²) in [6.45, 7) is 3.09. The maximum atomic E-state index is 12.8. The summed E-state index contributed by atoms with van der Waals surface area (Å²) in [5.74, 6) is 0.811. The molecule has 2 aromatic rings. The van der Waals surface area contributed by atoms with E-state index in [4.69, 9.17) is 16.0 Å². The van der Waals surface area contributed by atoms with E-state index in [1.165, 1.54) is 0 Å². The Bertz CT molecular complexity index is 806. The fraction of sp³-hybridized carbons (Fsp3) is 0.474. The second-order valence-corrected chi connectivity index (χ2v) is 7.21. The van der Waals surface area contributed by atoms with Gasteiger partial charge >= 0.3 is 0 Å². The summed E-state index contributed by atoms with van der Waals surface area (Å²) in [4.78, 5) is 28.4. The first-order valence-electron chi connectivity index (χ1n) is 9.04. The Balaban J connectivity index is 1.60. The molecule has 144 valence electrons. The van der Waals surface area contributed by atoms with Gasteiger partial charge in [0.2, 0.25) is 23.6 Å². The third-order valence-electron chi connectivity index (χ3n) is 4.70. The molecule has 2 heterocycles. The molecular formula is C19H23ClN4O3. The van der Waals surface area contributed by atoms with Crippen molar-refractivity contribution in [3.8, 4) is 0 Å². The lowest BCUT2D eigenvalue weighted by atomic mass is 9.95. The van der Waals surface area contributed by atoms with Crippen molar-refractivity contribution in [2.24, 2.45) is 5.92 Å². The van der Waals surface area contributed by atoms with Gasteiger partial charge in [-0.15, -0.1) is 10.2 Å². The Morgan fingerprint density at radius 2 is 2.00 bits per heavy atom. The molecule has 1 fully saturated rings. The summed E-state index contributed by atoms with van der Waals surface area (Å²) in [5, 5.41) is 8.53. The van der Waals surface area contributed by atoms with Gasteiger partial charge < -0.3 is 14.2 Å². The van der Waals surface area contributed by atoms with Crippen LogP contribution >= 0.6 is 11.6 Å². The van der Waals surface area contributed by atoms with Gasteiger partial charge in [0.1, 0.15) is 0 Å². The second kappa shape index (κ2) is 8.52. The predicted molar refractivity (Wildman–Crippen MR) is 99.7 cm³/mol. The topological polar surface area (TPSA) is 79.5 Å². The van der Waals surface area contributed by atoms with Crippen LogP contribution in [0.3, 0.4) is 0 Å². The number of likely N-dealkylation sites (tertiary alicyclic amines) is 1. The summed E-state index contributed by atoms with van der Waals surface area (Å²) >= 11 is 5.91. The molecule has 0 radical (unpaired) electrons. The van der Waals surface area contributed by atoms with Crippen LogP contribution < -0.4 is 0 Å². The molecule has 0 aliphatic carbocycles. The molecule has 0 spiro atoms. The number of carbonyl (C=O) groups excluding carboxylic acids is 2. The quantitative estimate of drug-likeness (QED) is 0.757. The van der Waals surface area contributed by atoms with E-state index >= 15 is 0 Å². The van der Waals surface area contributed by atoms with E-state index in [1.54, 1.807) is 29.0 Å². The number of amides is 2. The van der Waals surface area contributed by atoms with Gasteiger partial charge in [-0.1, -0.05) is 30.7 Å². The molecule has 27 heavy (non-hydrogen) atoms. The van der Waals surface area contributed by atoms with E-state index in [1.807, 2.05) is 19.1 Å². The fourth-order valence-electron chi connectivity index (χ4n) is 3.17. The number of halogens is 1. The highest BCUT2D eigenvalue weighted by atomic mass is 35.5. The van der Waals surface area contributed by atoms with E-state index in [0.29, 0.717) is 49.2 Å². The van der Waals surface area contributed by atoms with Crippen LogP contribution in [0.5, 0.6) is 0 Å². The maximum absolute atomic E-state index is 12.8. The maximum Gasteiger partial charge on any atom is 0.235 e. The third-order valence-corrected chi connectivity index (χ3v) is 4.95. The Morgan fingerprint density at radius 3 is 2.67 bits per heavy atom. The normalized spacial score (nSPS) is 17.2. The lowest BCUT2D eigenvalue weighted by molar-refractivity contribution is -0.143. The smallest absolute Gasteiger partial charge is 0.235 e. The highest BCUT2D eigenvalue weighted by Crippen LogP contribution is 2.22. The molecule has 8 heteroatoms. The van der Waals surface area contributed by atoms with Crippen LogP contribution in [0, 0.1) is 5.92 Å². The van der Waals surface area contributed by atoms with Crippen molar-refractivity contribution in [2.75, 3.05) is 13.6 Å². The van der Waals surface area contributed by atoms with Gasteiger partial charge in [-0.25, -0.2) is 0 Å². The Labute approximate surface area is 163 Å². The highest BCUT2D eigenvalue weighted by Gasteiger charge is 2.32. The molecule has 2 amide bonds. The molecule has 3 rings (SSSR count). The third kappa shape index (κ3) is 4.86. The van der Waals surface area contributed by atoms with Crippen LogP contribution in [-0.4, -0.2) is 45.4 Å². The molecule has 0 saturated carbocycles. The number of piperidine rings is 1. The standard InChI is InChI=1S/C19H23ClN4O3/c1-3-16-21-22-17(27-16)12-23(2)19(26)14-6-9-18(25)24(11-14)10-13-4-7-15(20)8-5-13/h4-5,7-8,14H,3,6,9-12H2,1-2H3/t14-/m0/s1. The minimum absolute atomic E-state index is 0.0140. The van der Waals surface area contributed by atoms with Gasteiger partial charge in [-0.3, -0.25) is 9.59 Å². The first kappa shape index (κ1) is 19.4. The van der Waals surface area contributed by atoms with E-state index in [-0.39, 0.29) is 24.3 Å². The van der Waals surface area contributed by atoms with Crippen molar-refractivity contribution in [3.05, 3.63) is 46.6 Å². The van der Waals surface area contributed by atoms with Crippen molar-refractivity contribution in [3.63, 3.8) is 0 Å². The number of benzene rings is 1. The molecule has 1 atom stereocenters. The number of hydrogen-bond donors (Lipinski definition) is 0. The summed E-state index contributed by atoms with van der Waals surface area (Å²) in [6, 6.07) is 7.40. The summed E-state index contributed by atoms with van der Waals surface area (Å²) in [7, 11) is 1.72. The Kier molecular flexibility index (Phi) is 6.11. The van der Waals surface area contributed by atoms with E-state index in [9.17, 15) is 9.59 Å². The second-order valence-electron chi connectivity index (χ2n) is 6.77. The number of hydrogen-bond acceptors (Lipinski definition) is 5. The van der Waals surface area contributed by atoms with Crippen LogP contribution in [0.15, 0.2) is 28.7 Å². The molecule has 1 aliphatic heterocycles. The lowest BCUT2D eigenvalue weighted by Gasteiger charge is -2.33. The molecule has 0 bridgehead atoms. The van der Waals surface area contributed by atoms with Crippen LogP contribution in [0.4, 0.5) is 0 Å². The summed E-state index contributed by atoms with van der Waals surface area (Å²) < 4.78 is 5.48. The van der Waals surface area contributed by atoms with Crippen LogP contribution in [0.25, 0.3) is 0 Å². The van der Waals surface area contributed by atoms with Crippen molar-refractivity contribution in [2.45, 2.75) is 39.3 Å². The van der Waals surface area contributed by atoms with Gasteiger partial charge in [0.15, 0.2) is 0 Å². The molecule has 1 aromatic heterocycles. The van der Waals surface area contributed by atoms with Gasteiger partial charge in [-0.2, -0.15) is 0 Å². The summed E-state index contributed by atoms with van der Waals surface area (Å²) in [6.07, 6.45) is 1.59. The van der Waals surface area contributed by atoms with Gasteiger partial charge in [0.05, 0.1) is 12.5 Å². The largest absolute Gasteiger partial charge is 0.423 e. The number of carbonyl (C=O) groups is 2. The monoisotopic (exact) mass is 390 g/mol. The Morgan fingerprint density at radius 1 is 1.30 bits per heavy atom. The van der Waals surface area contributed by atoms with Crippen molar-refractivity contribution in [1.82, 2.24) is 20.0 Å². The zero-order valence-corrected chi connectivity index (χ0v) is 16.3. The molecular weight excluding hydrogens is 368 g/mol. The molecule has 0 N–H and O–H groups in total. The average molecular weight is 391 g/mol. The van der Waals surface area contributed by atoms with Crippen LogP contribution in [-0.2, 0) is 29.1 Å². The minimum Gasteiger partial charge on any atom is -0.423 e. The van der Waals surface area contributed by atoms with E-state index in [2.05, 4.69) is 10.2 Å². The summed E-state index contributed by atoms with van der Waals surface area (Å²) in [5.41, 5.74) is 0.993. The first-order valence-corrected chi connectivity index (χ1v) is 9.42. The zero-order chi connectivity index (χ0) is 19.4. The average Bonchev–Trinajstić information content (AvgIpc) is 3.12. The van der Waals surface area contributed by atoms with Gasteiger partial charge in [0.25, 0.3) is 0 Å². The van der Waals surface area contributed by atoms with E-state index < -0.39 is 0 Å². The first-order chi connectivity index (χ1) is 13.0. The van der Waals surface area contributed by atoms with Gasteiger partial charge in [-0.05, 0) is 24.1 Å². The van der Waals surface area contributed by atoms with Crippen LogP contribution in [0.2, 0.25) is 5.02 Å². The predicted octanol–water partition coefficient (Wildman–Crippen LogP) is 2.68. The number of rotatable bonds is 6. The molecule has 7 nitrogen and oxygen atoms in total. The van der Waals surface area contributed by atoms with E-state index in [0.717, 1.165) is 5.56 Å². The lowest BCUT2D eigenvalue weighted by Crippen LogP contribution is -2.45. The zero-order valence-electron chi connectivity index (χ0n) is 15.5. The SMILES string of the molecule is CCc1nnc(CN(C)C(=O)[C@H]2CCC(=O)N(Cc3ccc(Cl)cc3)C2)o1. The van der Waals surface area contributed by atoms with Crippen molar-refractivity contribution in [1.29, 1.82) is 0 Å². The number of nitrogens with zero attached hydrogens (tertiary/aromatic N) is 4. The molecule has 1 aromatic carbocycles. The van der Waals surface area contributed by atoms with Crippen molar-refractivity contribution >= 4 is 23.4 Å². The minimum atomic E-state index is -0.228.